The first-order chi connectivity index (χ1) is 12.6. The van der Waals surface area contributed by atoms with E-state index in [0.29, 0.717) is 6.54 Å². The first-order valence-corrected chi connectivity index (χ1v) is 9.03. The van der Waals surface area contributed by atoms with Crippen LogP contribution in [-0.4, -0.2) is 17.1 Å². The summed E-state index contributed by atoms with van der Waals surface area (Å²) in [6.07, 6.45) is 1.59. The number of carbonyl (C=O) groups excluding carboxylic acids is 1. The van der Waals surface area contributed by atoms with E-state index in [4.69, 9.17) is 4.74 Å². The van der Waals surface area contributed by atoms with Gasteiger partial charge in [-0.25, -0.2) is 4.79 Å². The third kappa shape index (κ3) is 3.87. The normalized spacial score (nSPS) is 11.3. The number of halogens is 1. The average Bonchev–Trinajstić information content (AvgIpc) is 2.99. The highest BCUT2D eigenvalue weighted by Gasteiger charge is 2.13. The van der Waals surface area contributed by atoms with E-state index in [1.54, 1.807) is 13.0 Å². The quantitative estimate of drug-likeness (QED) is 0.341. The van der Waals surface area contributed by atoms with Gasteiger partial charge in [0.15, 0.2) is 0 Å². The van der Waals surface area contributed by atoms with Gasteiger partial charge in [-0.15, -0.1) is 0 Å². The molecule has 1 aromatic heterocycles. The lowest BCUT2D eigenvalue weighted by Crippen LogP contribution is -2.07. The molecule has 0 aliphatic carbocycles. The Hall–Kier alpha value is -2.84. The summed E-state index contributed by atoms with van der Waals surface area (Å²) in [6.45, 7) is 2.59. The zero-order valence-electron chi connectivity index (χ0n) is 14.3. The molecule has 0 fully saturated rings. The second kappa shape index (κ2) is 8.03. The number of rotatable bonds is 5. The lowest BCUT2D eigenvalue weighted by atomic mass is 10.2. The van der Waals surface area contributed by atoms with E-state index in [0.717, 1.165) is 26.6 Å². The van der Waals surface area contributed by atoms with Crippen LogP contribution in [0.2, 0.25) is 0 Å². The molecule has 0 spiro atoms. The SMILES string of the molecule is CCOC(=O)/C(C#N)=C\c1cc2ccccc2n1Cc1ccc(Br)cc1. The molecule has 3 rings (SSSR count). The second-order valence-electron chi connectivity index (χ2n) is 5.73. The number of para-hydroxylation sites is 1. The summed E-state index contributed by atoms with van der Waals surface area (Å²) in [6, 6.07) is 20.0. The van der Waals surface area contributed by atoms with Crippen LogP contribution < -0.4 is 0 Å². The average molecular weight is 409 g/mol. The van der Waals surface area contributed by atoms with Gasteiger partial charge in [-0.3, -0.25) is 0 Å². The number of ether oxygens (including phenoxy) is 1. The van der Waals surface area contributed by atoms with Crippen molar-refractivity contribution in [3.05, 3.63) is 75.9 Å². The number of hydrogen-bond acceptors (Lipinski definition) is 3. The molecule has 1 heterocycles. The van der Waals surface area contributed by atoms with E-state index >= 15 is 0 Å². The second-order valence-corrected chi connectivity index (χ2v) is 6.65. The summed E-state index contributed by atoms with van der Waals surface area (Å²) in [5.41, 5.74) is 2.95. The van der Waals surface area contributed by atoms with Crippen molar-refractivity contribution in [3.63, 3.8) is 0 Å². The molecule has 2 aromatic carbocycles. The predicted octanol–water partition coefficient (Wildman–Crippen LogP) is 4.92. The molecule has 0 N–H and O–H groups in total. The van der Waals surface area contributed by atoms with E-state index in [9.17, 15) is 10.1 Å². The van der Waals surface area contributed by atoms with Gasteiger partial charge < -0.3 is 9.30 Å². The minimum atomic E-state index is -0.601. The third-order valence-corrected chi connectivity index (χ3v) is 4.53. The molecular weight excluding hydrogens is 392 g/mol. The number of benzene rings is 2. The summed E-state index contributed by atoms with van der Waals surface area (Å²) in [4.78, 5) is 12.0. The highest BCUT2D eigenvalue weighted by molar-refractivity contribution is 9.10. The molecule has 0 aliphatic heterocycles. The molecule has 0 saturated heterocycles. The number of carbonyl (C=O) groups is 1. The molecule has 0 atom stereocenters. The number of nitrogens with zero attached hydrogens (tertiary/aromatic N) is 2. The van der Waals surface area contributed by atoms with Crippen molar-refractivity contribution in [1.29, 1.82) is 5.26 Å². The first kappa shape index (κ1) is 18.0. The molecule has 0 saturated carbocycles. The minimum Gasteiger partial charge on any atom is -0.462 e. The Morgan fingerprint density at radius 1 is 1.23 bits per heavy atom. The Kier molecular flexibility index (Phi) is 5.55. The summed E-state index contributed by atoms with van der Waals surface area (Å²) in [7, 11) is 0. The van der Waals surface area contributed by atoms with Crippen LogP contribution in [0.25, 0.3) is 17.0 Å². The Balaban J connectivity index is 2.08. The lowest BCUT2D eigenvalue weighted by Gasteiger charge is -2.10. The van der Waals surface area contributed by atoms with E-state index in [-0.39, 0.29) is 12.2 Å². The van der Waals surface area contributed by atoms with Gasteiger partial charge in [-0.1, -0.05) is 46.3 Å². The molecule has 4 nitrogen and oxygen atoms in total. The molecule has 26 heavy (non-hydrogen) atoms. The van der Waals surface area contributed by atoms with Crippen LogP contribution in [0.4, 0.5) is 0 Å². The van der Waals surface area contributed by atoms with Gasteiger partial charge in [0, 0.05) is 27.6 Å². The molecule has 0 radical (unpaired) electrons. The fraction of sp³-hybridized carbons (Fsp3) is 0.143. The summed E-state index contributed by atoms with van der Waals surface area (Å²) >= 11 is 3.45. The zero-order chi connectivity index (χ0) is 18.5. The molecule has 130 valence electrons. The van der Waals surface area contributed by atoms with Crippen LogP contribution in [0, 0.1) is 11.3 Å². The van der Waals surface area contributed by atoms with Gasteiger partial charge in [0.25, 0.3) is 0 Å². The van der Waals surface area contributed by atoms with Crippen molar-refractivity contribution >= 4 is 38.9 Å². The number of fused-ring (bicyclic) bond motifs is 1. The van der Waals surface area contributed by atoms with Crippen LogP contribution in [0.3, 0.4) is 0 Å². The third-order valence-electron chi connectivity index (χ3n) is 4.00. The number of aromatic nitrogens is 1. The summed E-state index contributed by atoms with van der Waals surface area (Å²) < 4.78 is 8.08. The first-order valence-electron chi connectivity index (χ1n) is 8.24. The van der Waals surface area contributed by atoms with Crippen LogP contribution in [0.5, 0.6) is 0 Å². The number of hydrogen-bond donors (Lipinski definition) is 0. The Labute approximate surface area is 160 Å². The van der Waals surface area contributed by atoms with E-state index in [2.05, 4.69) is 20.5 Å². The van der Waals surface area contributed by atoms with Gasteiger partial charge in [-0.05, 0) is 42.8 Å². The fourth-order valence-corrected chi connectivity index (χ4v) is 3.06. The molecule has 0 amide bonds. The zero-order valence-corrected chi connectivity index (χ0v) is 15.9. The largest absolute Gasteiger partial charge is 0.462 e. The molecule has 0 aliphatic rings. The van der Waals surface area contributed by atoms with Crippen molar-refractivity contribution in [2.24, 2.45) is 0 Å². The van der Waals surface area contributed by atoms with E-state index in [1.807, 2.05) is 60.7 Å². The van der Waals surface area contributed by atoms with Crippen molar-refractivity contribution in [2.75, 3.05) is 6.61 Å². The maximum atomic E-state index is 12.0. The lowest BCUT2D eigenvalue weighted by molar-refractivity contribution is -0.137. The maximum Gasteiger partial charge on any atom is 0.348 e. The van der Waals surface area contributed by atoms with Crippen molar-refractivity contribution in [3.8, 4) is 6.07 Å². The highest BCUT2D eigenvalue weighted by atomic mass is 79.9. The van der Waals surface area contributed by atoms with Gasteiger partial charge in [0.2, 0.25) is 0 Å². The smallest absolute Gasteiger partial charge is 0.348 e. The number of nitriles is 1. The number of esters is 1. The van der Waals surface area contributed by atoms with Gasteiger partial charge in [0.05, 0.1) is 6.61 Å². The van der Waals surface area contributed by atoms with Gasteiger partial charge in [-0.2, -0.15) is 5.26 Å². The van der Waals surface area contributed by atoms with Crippen LogP contribution in [-0.2, 0) is 16.1 Å². The molecule has 5 heteroatoms. The molecule has 0 unspecified atom stereocenters. The maximum absolute atomic E-state index is 12.0. The van der Waals surface area contributed by atoms with E-state index in [1.165, 1.54) is 0 Å². The molecule has 0 bridgehead atoms. The minimum absolute atomic E-state index is 0.00767. The van der Waals surface area contributed by atoms with Crippen LogP contribution in [0.15, 0.2) is 64.6 Å². The summed E-state index contributed by atoms with van der Waals surface area (Å²) in [5.74, 6) is -0.601. The Morgan fingerprint density at radius 3 is 2.65 bits per heavy atom. The van der Waals surface area contributed by atoms with Crippen LogP contribution in [0.1, 0.15) is 18.2 Å². The van der Waals surface area contributed by atoms with E-state index < -0.39 is 5.97 Å². The molecule has 3 aromatic rings. The monoisotopic (exact) mass is 408 g/mol. The predicted molar refractivity (Wildman–Crippen MR) is 105 cm³/mol. The standard InChI is InChI=1S/C21H17BrN2O2/c1-2-26-21(25)17(13-23)12-19-11-16-5-3-4-6-20(16)24(19)14-15-7-9-18(22)10-8-15/h3-12H,2,14H2,1H3/b17-12-. The van der Waals surface area contributed by atoms with Gasteiger partial charge in [0.1, 0.15) is 11.6 Å². The topological polar surface area (TPSA) is 55.0 Å². The van der Waals surface area contributed by atoms with Gasteiger partial charge >= 0.3 is 5.97 Å². The Bertz CT molecular complexity index is 1010. The van der Waals surface area contributed by atoms with Crippen LogP contribution >= 0.6 is 15.9 Å². The Morgan fingerprint density at radius 2 is 1.96 bits per heavy atom. The highest BCUT2D eigenvalue weighted by Crippen LogP contribution is 2.24. The molecular formula is C21H17BrN2O2. The fourth-order valence-electron chi connectivity index (χ4n) is 2.79. The van der Waals surface area contributed by atoms with Crippen molar-refractivity contribution < 1.29 is 9.53 Å². The summed E-state index contributed by atoms with van der Waals surface area (Å²) in [5, 5.41) is 10.4. The van der Waals surface area contributed by atoms with Crippen molar-refractivity contribution in [1.82, 2.24) is 4.57 Å². The van der Waals surface area contributed by atoms with Crippen molar-refractivity contribution in [2.45, 2.75) is 13.5 Å².